The molecular formula is C18H18O. The molecular weight excluding hydrogens is 232 g/mol. The topological polar surface area (TPSA) is 17.1 Å². The minimum atomic E-state index is 0.293. The molecule has 0 saturated heterocycles. The average Bonchev–Trinajstić information content (AvgIpc) is 2.81. The highest BCUT2D eigenvalue weighted by atomic mass is 16.1. The van der Waals surface area contributed by atoms with E-state index in [1.165, 1.54) is 28.7 Å². The maximum atomic E-state index is 11.7. The fourth-order valence-corrected chi connectivity index (χ4v) is 2.83. The summed E-state index contributed by atoms with van der Waals surface area (Å²) >= 11 is 0. The summed E-state index contributed by atoms with van der Waals surface area (Å²) < 4.78 is 0. The van der Waals surface area contributed by atoms with Gasteiger partial charge in [-0.3, -0.25) is 4.79 Å². The number of carbonyl (C=O) groups excluding carboxylic acids is 1. The molecule has 0 aromatic heterocycles. The Labute approximate surface area is 114 Å². The van der Waals surface area contributed by atoms with Gasteiger partial charge in [-0.05, 0) is 35.1 Å². The summed E-state index contributed by atoms with van der Waals surface area (Å²) in [6, 6.07) is 15.0. The predicted molar refractivity (Wildman–Crippen MR) is 78.5 cm³/mol. The molecule has 0 spiro atoms. The number of hydrogen-bond acceptors (Lipinski definition) is 1. The van der Waals surface area contributed by atoms with Gasteiger partial charge in [0.15, 0.2) is 5.78 Å². The SMILES string of the molecule is CCCc1cccc(-c2ccc3c(c2)CCC3=O)c1. The molecule has 0 saturated carbocycles. The number of Topliss-reactive ketones (excluding diaryl/α,β-unsaturated/α-hetero) is 1. The first-order valence-electron chi connectivity index (χ1n) is 7.03. The molecule has 0 atom stereocenters. The molecule has 1 nitrogen and oxygen atoms in total. The lowest BCUT2D eigenvalue weighted by molar-refractivity contribution is 0.0994. The third-order valence-corrected chi connectivity index (χ3v) is 3.83. The minimum absolute atomic E-state index is 0.293. The fraction of sp³-hybridized carbons (Fsp3) is 0.278. The van der Waals surface area contributed by atoms with Crippen molar-refractivity contribution in [1.82, 2.24) is 0 Å². The van der Waals surface area contributed by atoms with Gasteiger partial charge in [0, 0.05) is 12.0 Å². The number of benzene rings is 2. The van der Waals surface area contributed by atoms with E-state index in [1.54, 1.807) is 0 Å². The molecule has 2 aromatic carbocycles. The molecule has 0 heterocycles. The standard InChI is InChI=1S/C18H18O/c1-2-4-13-5-3-6-14(11-13)15-7-9-17-16(12-15)8-10-18(17)19/h3,5-7,9,11-12H,2,4,8,10H2,1H3. The Morgan fingerprint density at radius 1 is 1.00 bits per heavy atom. The van der Waals surface area contributed by atoms with Gasteiger partial charge in [-0.25, -0.2) is 0 Å². The molecule has 0 bridgehead atoms. The van der Waals surface area contributed by atoms with E-state index in [-0.39, 0.29) is 0 Å². The van der Waals surface area contributed by atoms with Crippen LogP contribution in [-0.4, -0.2) is 5.78 Å². The van der Waals surface area contributed by atoms with Crippen LogP contribution in [0.4, 0.5) is 0 Å². The molecule has 0 unspecified atom stereocenters. The number of hydrogen-bond donors (Lipinski definition) is 0. The zero-order valence-corrected chi connectivity index (χ0v) is 11.3. The molecule has 0 N–H and O–H groups in total. The van der Waals surface area contributed by atoms with Gasteiger partial charge in [0.05, 0.1) is 0 Å². The molecule has 96 valence electrons. The largest absolute Gasteiger partial charge is 0.294 e. The Morgan fingerprint density at radius 3 is 2.68 bits per heavy atom. The minimum Gasteiger partial charge on any atom is -0.294 e. The van der Waals surface area contributed by atoms with Crippen molar-refractivity contribution in [2.75, 3.05) is 0 Å². The Morgan fingerprint density at radius 2 is 1.84 bits per heavy atom. The van der Waals surface area contributed by atoms with Crippen molar-refractivity contribution < 1.29 is 4.79 Å². The first-order valence-corrected chi connectivity index (χ1v) is 7.03. The van der Waals surface area contributed by atoms with Crippen LogP contribution in [0.1, 0.15) is 41.3 Å². The van der Waals surface area contributed by atoms with E-state index < -0.39 is 0 Å². The van der Waals surface area contributed by atoms with Crippen LogP contribution in [0, 0.1) is 0 Å². The lowest BCUT2D eigenvalue weighted by Crippen LogP contribution is -1.91. The van der Waals surface area contributed by atoms with Crippen molar-refractivity contribution in [1.29, 1.82) is 0 Å². The van der Waals surface area contributed by atoms with Crippen LogP contribution in [0.2, 0.25) is 0 Å². The van der Waals surface area contributed by atoms with Crippen LogP contribution in [0.5, 0.6) is 0 Å². The van der Waals surface area contributed by atoms with Gasteiger partial charge in [-0.2, -0.15) is 0 Å². The second-order valence-electron chi connectivity index (χ2n) is 5.25. The number of rotatable bonds is 3. The van der Waals surface area contributed by atoms with Crippen LogP contribution in [0.3, 0.4) is 0 Å². The molecule has 0 amide bonds. The van der Waals surface area contributed by atoms with Gasteiger partial charge in [-0.1, -0.05) is 55.8 Å². The second kappa shape index (κ2) is 5.00. The van der Waals surface area contributed by atoms with Gasteiger partial charge in [0.1, 0.15) is 0 Å². The Kier molecular flexibility index (Phi) is 3.20. The molecule has 0 fully saturated rings. The van der Waals surface area contributed by atoms with Crippen molar-refractivity contribution in [3.05, 3.63) is 59.2 Å². The summed E-state index contributed by atoms with van der Waals surface area (Å²) in [5, 5.41) is 0. The molecule has 1 aliphatic carbocycles. The van der Waals surface area contributed by atoms with E-state index in [1.807, 2.05) is 6.07 Å². The van der Waals surface area contributed by atoms with Crippen LogP contribution < -0.4 is 0 Å². The second-order valence-corrected chi connectivity index (χ2v) is 5.25. The first kappa shape index (κ1) is 12.2. The Balaban J connectivity index is 1.98. The van der Waals surface area contributed by atoms with E-state index in [0.717, 1.165) is 18.4 Å². The molecule has 3 rings (SSSR count). The number of carbonyl (C=O) groups is 1. The summed E-state index contributed by atoms with van der Waals surface area (Å²) in [5.41, 5.74) is 6.01. The van der Waals surface area contributed by atoms with Gasteiger partial charge in [0.2, 0.25) is 0 Å². The molecule has 1 heteroatoms. The van der Waals surface area contributed by atoms with Crippen molar-refractivity contribution >= 4 is 5.78 Å². The van der Waals surface area contributed by atoms with E-state index in [0.29, 0.717) is 12.2 Å². The highest BCUT2D eigenvalue weighted by Crippen LogP contribution is 2.28. The monoisotopic (exact) mass is 250 g/mol. The average molecular weight is 250 g/mol. The van der Waals surface area contributed by atoms with Crippen LogP contribution in [0.15, 0.2) is 42.5 Å². The lowest BCUT2D eigenvalue weighted by atomic mass is 9.98. The Bertz CT molecular complexity index is 625. The Hall–Kier alpha value is -1.89. The van der Waals surface area contributed by atoms with Gasteiger partial charge >= 0.3 is 0 Å². The first-order chi connectivity index (χ1) is 9.28. The fourth-order valence-electron chi connectivity index (χ4n) is 2.83. The van der Waals surface area contributed by atoms with Crippen molar-refractivity contribution in [2.45, 2.75) is 32.6 Å². The van der Waals surface area contributed by atoms with E-state index in [2.05, 4.69) is 43.3 Å². The van der Waals surface area contributed by atoms with Crippen LogP contribution in [0.25, 0.3) is 11.1 Å². The molecule has 19 heavy (non-hydrogen) atoms. The predicted octanol–water partition coefficient (Wildman–Crippen LogP) is 4.44. The number of fused-ring (bicyclic) bond motifs is 1. The maximum absolute atomic E-state index is 11.7. The summed E-state index contributed by atoms with van der Waals surface area (Å²) in [7, 11) is 0. The van der Waals surface area contributed by atoms with E-state index in [9.17, 15) is 4.79 Å². The maximum Gasteiger partial charge on any atom is 0.163 e. The summed E-state index contributed by atoms with van der Waals surface area (Å²) in [6.07, 6.45) is 3.87. The third kappa shape index (κ3) is 2.33. The van der Waals surface area contributed by atoms with Crippen molar-refractivity contribution in [3.8, 4) is 11.1 Å². The molecule has 1 aliphatic rings. The summed E-state index contributed by atoms with van der Waals surface area (Å²) in [6.45, 7) is 2.20. The zero-order chi connectivity index (χ0) is 13.2. The van der Waals surface area contributed by atoms with E-state index >= 15 is 0 Å². The molecule has 0 aliphatic heterocycles. The number of ketones is 1. The summed E-state index contributed by atoms with van der Waals surface area (Å²) in [4.78, 5) is 11.7. The number of aryl methyl sites for hydroxylation is 2. The highest BCUT2D eigenvalue weighted by Gasteiger charge is 2.19. The van der Waals surface area contributed by atoms with Crippen molar-refractivity contribution in [2.24, 2.45) is 0 Å². The van der Waals surface area contributed by atoms with Crippen LogP contribution in [-0.2, 0) is 12.8 Å². The third-order valence-electron chi connectivity index (χ3n) is 3.83. The van der Waals surface area contributed by atoms with E-state index in [4.69, 9.17) is 0 Å². The molecule has 0 radical (unpaired) electrons. The highest BCUT2D eigenvalue weighted by molar-refractivity contribution is 6.00. The lowest BCUT2D eigenvalue weighted by Gasteiger charge is -2.07. The van der Waals surface area contributed by atoms with Crippen LogP contribution >= 0.6 is 0 Å². The normalized spacial score (nSPS) is 13.6. The van der Waals surface area contributed by atoms with Gasteiger partial charge < -0.3 is 0 Å². The zero-order valence-electron chi connectivity index (χ0n) is 11.3. The smallest absolute Gasteiger partial charge is 0.163 e. The van der Waals surface area contributed by atoms with Gasteiger partial charge in [-0.15, -0.1) is 0 Å². The quantitative estimate of drug-likeness (QED) is 0.787. The molecule has 2 aromatic rings. The van der Waals surface area contributed by atoms with Gasteiger partial charge in [0.25, 0.3) is 0 Å². The summed E-state index contributed by atoms with van der Waals surface area (Å²) in [5.74, 6) is 0.293. The van der Waals surface area contributed by atoms with Crippen molar-refractivity contribution in [3.63, 3.8) is 0 Å².